The van der Waals surface area contributed by atoms with Crippen molar-refractivity contribution in [3.63, 3.8) is 0 Å². The molecule has 3 aromatic rings. The summed E-state index contributed by atoms with van der Waals surface area (Å²) < 4.78 is 11.0. The maximum absolute atomic E-state index is 6.11. The summed E-state index contributed by atoms with van der Waals surface area (Å²) in [7, 11) is 1.56. The Hall–Kier alpha value is -2.75. The molecule has 1 atom stereocenters. The molecule has 140 valence electrons. The first kappa shape index (κ1) is 17.7. The van der Waals surface area contributed by atoms with Gasteiger partial charge in [-0.1, -0.05) is 0 Å². The third-order valence-electron chi connectivity index (χ3n) is 4.21. The van der Waals surface area contributed by atoms with E-state index in [0.29, 0.717) is 47.4 Å². The normalized spacial score (nSPS) is 17.0. The van der Waals surface area contributed by atoms with Crippen LogP contribution in [0.1, 0.15) is 11.8 Å². The van der Waals surface area contributed by atoms with Crippen LogP contribution in [0.25, 0.3) is 10.9 Å². The van der Waals surface area contributed by atoms with Gasteiger partial charge in [0.05, 0.1) is 30.6 Å². The van der Waals surface area contributed by atoms with E-state index in [4.69, 9.17) is 26.8 Å². The van der Waals surface area contributed by atoms with Gasteiger partial charge in [-0.2, -0.15) is 0 Å². The molecule has 4 rings (SSSR count). The Bertz CT molecular complexity index is 979. The van der Waals surface area contributed by atoms with Gasteiger partial charge in [0.15, 0.2) is 0 Å². The molecule has 9 nitrogen and oxygen atoms in total. The molecule has 1 aliphatic rings. The Kier molecular flexibility index (Phi) is 4.88. The molecule has 1 saturated heterocycles. The summed E-state index contributed by atoms with van der Waals surface area (Å²) in [6.45, 7) is 2.10. The molecule has 0 bridgehead atoms. The Morgan fingerprint density at radius 3 is 2.96 bits per heavy atom. The Morgan fingerprint density at radius 1 is 1.30 bits per heavy atom. The monoisotopic (exact) mass is 387 g/mol. The number of benzene rings is 1. The summed E-state index contributed by atoms with van der Waals surface area (Å²) in [6.07, 6.45) is 1.28. The van der Waals surface area contributed by atoms with Crippen molar-refractivity contribution in [2.45, 2.75) is 6.10 Å². The first-order valence-electron chi connectivity index (χ1n) is 8.36. The molecule has 0 saturated carbocycles. The van der Waals surface area contributed by atoms with Gasteiger partial charge in [0.1, 0.15) is 29.8 Å². The van der Waals surface area contributed by atoms with E-state index in [1.165, 1.54) is 6.33 Å². The average molecular weight is 388 g/mol. The first-order valence-corrected chi connectivity index (χ1v) is 8.74. The second-order valence-corrected chi connectivity index (χ2v) is 6.31. The van der Waals surface area contributed by atoms with Crippen molar-refractivity contribution in [3.8, 4) is 5.75 Å². The zero-order valence-corrected chi connectivity index (χ0v) is 15.3. The summed E-state index contributed by atoms with van der Waals surface area (Å²) >= 11 is 6.11. The lowest BCUT2D eigenvalue weighted by molar-refractivity contribution is 0.0250. The van der Waals surface area contributed by atoms with Crippen LogP contribution in [0, 0.1) is 0 Å². The molecular weight excluding hydrogens is 370 g/mol. The van der Waals surface area contributed by atoms with Gasteiger partial charge in [0.2, 0.25) is 5.28 Å². The Labute approximate surface area is 160 Å². The Morgan fingerprint density at radius 2 is 2.19 bits per heavy atom. The highest BCUT2D eigenvalue weighted by Crippen LogP contribution is 2.31. The number of rotatable bonds is 4. The standard InChI is InChI=1S/C17H18ClN7O2/c1-26-13-5-11-9(4-10(13)19)16(22-8-21-11)24-15-6-12(23-17(18)25-15)14-7-20-2-3-27-14/h4-6,8,14,20H,2-3,7,19H2,1H3,(H,21,22,23,24,25). The molecule has 1 aliphatic heterocycles. The van der Waals surface area contributed by atoms with Crippen LogP contribution in [-0.2, 0) is 4.74 Å². The molecule has 2 aromatic heterocycles. The van der Waals surface area contributed by atoms with E-state index in [0.717, 1.165) is 11.9 Å². The maximum atomic E-state index is 6.11. The predicted octanol–water partition coefficient (Wildman–Crippen LogP) is 2.07. The summed E-state index contributed by atoms with van der Waals surface area (Å²) in [4.78, 5) is 17.1. The second-order valence-electron chi connectivity index (χ2n) is 5.97. The third-order valence-corrected chi connectivity index (χ3v) is 4.38. The van der Waals surface area contributed by atoms with E-state index in [1.54, 1.807) is 25.3 Å². The number of anilines is 3. The number of methoxy groups -OCH3 is 1. The molecule has 0 aliphatic carbocycles. The van der Waals surface area contributed by atoms with E-state index in [2.05, 4.69) is 30.6 Å². The van der Waals surface area contributed by atoms with Gasteiger partial charge in [0, 0.05) is 30.6 Å². The fourth-order valence-corrected chi connectivity index (χ4v) is 3.11. The number of aromatic nitrogens is 4. The van der Waals surface area contributed by atoms with Crippen LogP contribution < -0.4 is 21.1 Å². The second kappa shape index (κ2) is 7.47. The van der Waals surface area contributed by atoms with Gasteiger partial charge in [-0.25, -0.2) is 19.9 Å². The van der Waals surface area contributed by atoms with Crippen molar-refractivity contribution in [1.82, 2.24) is 25.3 Å². The van der Waals surface area contributed by atoms with Crippen molar-refractivity contribution in [2.75, 3.05) is 37.9 Å². The summed E-state index contributed by atoms with van der Waals surface area (Å²) in [5.41, 5.74) is 7.91. The van der Waals surface area contributed by atoms with E-state index in [-0.39, 0.29) is 11.4 Å². The van der Waals surface area contributed by atoms with Crippen molar-refractivity contribution < 1.29 is 9.47 Å². The highest BCUT2D eigenvalue weighted by atomic mass is 35.5. The lowest BCUT2D eigenvalue weighted by Gasteiger charge is -2.23. The number of ether oxygens (including phenoxy) is 2. The number of nitrogens with one attached hydrogen (secondary N) is 2. The molecule has 0 radical (unpaired) electrons. The summed E-state index contributed by atoms with van der Waals surface area (Å²) in [5.74, 6) is 1.62. The zero-order chi connectivity index (χ0) is 18.8. The van der Waals surface area contributed by atoms with Crippen LogP contribution >= 0.6 is 11.6 Å². The van der Waals surface area contributed by atoms with E-state index in [9.17, 15) is 0 Å². The molecule has 0 spiro atoms. The topological polar surface area (TPSA) is 120 Å². The number of hydrogen-bond donors (Lipinski definition) is 3. The van der Waals surface area contributed by atoms with Gasteiger partial charge >= 0.3 is 0 Å². The minimum absolute atomic E-state index is 0.128. The van der Waals surface area contributed by atoms with Gasteiger partial charge in [-0.15, -0.1) is 0 Å². The minimum atomic E-state index is -0.179. The SMILES string of the molecule is COc1cc2ncnc(Nc3cc(C4CNCCO4)nc(Cl)n3)c2cc1N. The summed E-state index contributed by atoms with van der Waals surface area (Å²) in [6, 6.07) is 5.32. The van der Waals surface area contributed by atoms with E-state index in [1.807, 2.05) is 0 Å². The maximum Gasteiger partial charge on any atom is 0.224 e. The first-order chi connectivity index (χ1) is 13.1. The smallest absolute Gasteiger partial charge is 0.224 e. The van der Waals surface area contributed by atoms with Crippen molar-refractivity contribution in [2.24, 2.45) is 0 Å². The van der Waals surface area contributed by atoms with Gasteiger partial charge < -0.3 is 25.8 Å². The molecule has 1 unspecified atom stereocenters. The molecule has 1 aromatic carbocycles. The van der Waals surface area contributed by atoms with Crippen LogP contribution in [0.15, 0.2) is 24.5 Å². The number of nitrogens with two attached hydrogens (primary N) is 1. The number of hydrogen-bond acceptors (Lipinski definition) is 9. The zero-order valence-electron chi connectivity index (χ0n) is 14.6. The fourth-order valence-electron chi connectivity index (χ4n) is 2.92. The quantitative estimate of drug-likeness (QED) is 0.456. The Balaban J connectivity index is 1.69. The van der Waals surface area contributed by atoms with Gasteiger partial charge in [0.25, 0.3) is 0 Å². The van der Waals surface area contributed by atoms with Gasteiger partial charge in [-0.3, -0.25) is 0 Å². The van der Waals surface area contributed by atoms with E-state index < -0.39 is 0 Å². The van der Waals surface area contributed by atoms with Crippen molar-refractivity contribution >= 4 is 39.8 Å². The predicted molar refractivity (Wildman–Crippen MR) is 102 cm³/mol. The van der Waals surface area contributed by atoms with Crippen LogP contribution in [0.4, 0.5) is 17.3 Å². The number of nitrogens with zero attached hydrogens (tertiary/aromatic N) is 4. The van der Waals surface area contributed by atoms with Crippen LogP contribution in [0.2, 0.25) is 5.28 Å². The lowest BCUT2D eigenvalue weighted by atomic mass is 10.2. The molecule has 1 fully saturated rings. The largest absolute Gasteiger partial charge is 0.495 e. The highest BCUT2D eigenvalue weighted by molar-refractivity contribution is 6.28. The van der Waals surface area contributed by atoms with Crippen LogP contribution in [0.5, 0.6) is 5.75 Å². The fraction of sp³-hybridized carbons (Fsp3) is 0.294. The third kappa shape index (κ3) is 3.70. The molecular formula is C17H18ClN7O2. The van der Waals surface area contributed by atoms with Crippen molar-refractivity contribution in [1.29, 1.82) is 0 Å². The lowest BCUT2D eigenvalue weighted by Crippen LogP contribution is -2.33. The van der Waals surface area contributed by atoms with Gasteiger partial charge in [-0.05, 0) is 17.7 Å². The average Bonchev–Trinajstić information content (AvgIpc) is 2.68. The number of fused-ring (bicyclic) bond motifs is 1. The molecule has 27 heavy (non-hydrogen) atoms. The summed E-state index contributed by atoms with van der Waals surface area (Å²) in [5, 5.41) is 7.31. The molecule has 0 amide bonds. The van der Waals surface area contributed by atoms with Crippen LogP contribution in [0.3, 0.4) is 0 Å². The number of halogens is 1. The minimum Gasteiger partial charge on any atom is -0.495 e. The molecule has 4 N–H and O–H groups in total. The van der Waals surface area contributed by atoms with Crippen molar-refractivity contribution in [3.05, 3.63) is 35.5 Å². The number of morpholine rings is 1. The number of nitrogen functional groups attached to an aromatic ring is 1. The molecule has 3 heterocycles. The van der Waals surface area contributed by atoms with E-state index >= 15 is 0 Å². The van der Waals surface area contributed by atoms with Crippen LogP contribution in [-0.4, -0.2) is 46.7 Å². The highest BCUT2D eigenvalue weighted by Gasteiger charge is 2.19. The molecule has 10 heteroatoms.